The van der Waals surface area contributed by atoms with Gasteiger partial charge >= 0.3 is 6.03 Å². The zero-order valence-corrected chi connectivity index (χ0v) is 21.2. The molecule has 3 aromatic rings. The van der Waals surface area contributed by atoms with Gasteiger partial charge in [-0.2, -0.15) is 0 Å². The number of anilines is 1. The Balaban J connectivity index is 1.57. The summed E-state index contributed by atoms with van der Waals surface area (Å²) in [5.74, 6) is 0.0736. The molecule has 0 saturated carbocycles. The van der Waals surface area contributed by atoms with E-state index in [0.29, 0.717) is 41.7 Å². The lowest BCUT2D eigenvalue weighted by atomic mass is 10.1. The Morgan fingerprint density at radius 3 is 2.22 bits per heavy atom. The first-order valence-electron chi connectivity index (χ1n) is 11.8. The van der Waals surface area contributed by atoms with E-state index < -0.39 is 17.8 Å². The molecule has 1 heterocycles. The maximum Gasteiger partial charge on any atom is 0.335 e. The number of barbiturate groups is 1. The van der Waals surface area contributed by atoms with Crippen LogP contribution in [0, 0.1) is 13.8 Å². The van der Waals surface area contributed by atoms with Crippen LogP contribution in [0.4, 0.5) is 10.5 Å². The quantitative estimate of drug-likeness (QED) is 0.347. The second kappa shape index (κ2) is 11.0. The molecule has 0 aliphatic carbocycles. The monoisotopic (exact) mass is 500 g/mol. The van der Waals surface area contributed by atoms with E-state index in [1.807, 2.05) is 20.8 Å². The number of rotatable bonds is 8. The molecular formula is C29H28N2O6. The third kappa shape index (κ3) is 5.81. The average Bonchev–Trinajstić information content (AvgIpc) is 2.86. The number of carbonyl (C=O) groups is 3. The summed E-state index contributed by atoms with van der Waals surface area (Å²) in [5, 5.41) is 2.23. The number of amides is 4. The van der Waals surface area contributed by atoms with Crippen LogP contribution in [0.3, 0.4) is 0 Å². The zero-order valence-electron chi connectivity index (χ0n) is 21.2. The van der Waals surface area contributed by atoms with Gasteiger partial charge in [-0.05, 0) is 74.4 Å². The first-order valence-corrected chi connectivity index (χ1v) is 11.8. The molecule has 1 N–H and O–H groups in total. The van der Waals surface area contributed by atoms with Crippen molar-refractivity contribution < 1.29 is 28.6 Å². The van der Waals surface area contributed by atoms with Crippen LogP contribution in [0.5, 0.6) is 17.2 Å². The number of benzene rings is 3. The van der Waals surface area contributed by atoms with Crippen molar-refractivity contribution in [3.63, 3.8) is 0 Å². The van der Waals surface area contributed by atoms with Gasteiger partial charge in [-0.15, -0.1) is 0 Å². The Kier molecular flexibility index (Phi) is 7.57. The Labute approximate surface area is 215 Å². The van der Waals surface area contributed by atoms with E-state index >= 15 is 0 Å². The Bertz CT molecular complexity index is 1360. The van der Waals surface area contributed by atoms with Crippen molar-refractivity contribution >= 4 is 29.6 Å². The fraction of sp³-hybridized carbons (Fsp3) is 0.207. The minimum Gasteiger partial charge on any atom is -0.494 e. The van der Waals surface area contributed by atoms with Crippen LogP contribution in [0.25, 0.3) is 6.08 Å². The van der Waals surface area contributed by atoms with Crippen LogP contribution in [0.2, 0.25) is 0 Å². The molecular weight excluding hydrogens is 472 g/mol. The second-order valence-corrected chi connectivity index (χ2v) is 8.58. The normalized spacial score (nSPS) is 14.5. The number of methoxy groups -OCH3 is 1. The summed E-state index contributed by atoms with van der Waals surface area (Å²) in [6, 6.07) is 17.0. The van der Waals surface area contributed by atoms with Gasteiger partial charge in [0.2, 0.25) is 0 Å². The molecule has 4 rings (SSSR count). The molecule has 8 nitrogen and oxygen atoms in total. The summed E-state index contributed by atoms with van der Waals surface area (Å²) in [5.41, 5.74) is 4.02. The largest absolute Gasteiger partial charge is 0.494 e. The van der Waals surface area contributed by atoms with Gasteiger partial charge in [0.15, 0.2) is 11.5 Å². The van der Waals surface area contributed by atoms with E-state index in [1.54, 1.807) is 42.5 Å². The lowest BCUT2D eigenvalue weighted by Gasteiger charge is -2.26. The number of imide groups is 2. The van der Waals surface area contributed by atoms with Gasteiger partial charge in [0.25, 0.3) is 11.8 Å². The van der Waals surface area contributed by atoms with Gasteiger partial charge in [0, 0.05) is 0 Å². The smallest absolute Gasteiger partial charge is 0.335 e. The van der Waals surface area contributed by atoms with Crippen molar-refractivity contribution in [3.05, 3.63) is 88.5 Å². The molecule has 1 saturated heterocycles. The number of hydrogen-bond donors (Lipinski definition) is 1. The van der Waals surface area contributed by atoms with Crippen LogP contribution in [-0.4, -0.2) is 31.6 Å². The molecule has 0 atom stereocenters. The highest BCUT2D eigenvalue weighted by Crippen LogP contribution is 2.31. The summed E-state index contributed by atoms with van der Waals surface area (Å²) in [6.07, 6.45) is 1.42. The number of ether oxygens (including phenoxy) is 3. The summed E-state index contributed by atoms with van der Waals surface area (Å²) in [6.45, 7) is 6.78. The van der Waals surface area contributed by atoms with Crippen LogP contribution in [0.1, 0.15) is 29.2 Å². The maximum atomic E-state index is 13.2. The molecule has 0 aromatic heterocycles. The standard InChI is InChI=1S/C29H28N2O6/c1-5-36-23-9-7-22(8-10-23)31-28(33)24(27(32)30-29(31)34)15-20-6-11-25(26(16-20)35-4)37-17-21-13-18(2)12-19(3)14-21/h6-16H,5,17H2,1-4H3,(H,30,32,34)/b24-15+. The highest BCUT2D eigenvalue weighted by molar-refractivity contribution is 6.39. The molecule has 4 amide bonds. The first-order chi connectivity index (χ1) is 17.8. The molecule has 0 bridgehead atoms. The van der Waals surface area contributed by atoms with Crippen molar-refractivity contribution in [2.75, 3.05) is 18.6 Å². The van der Waals surface area contributed by atoms with Crippen molar-refractivity contribution in [1.82, 2.24) is 5.32 Å². The van der Waals surface area contributed by atoms with Gasteiger partial charge < -0.3 is 14.2 Å². The predicted octanol–water partition coefficient (Wildman–Crippen LogP) is 4.96. The van der Waals surface area contributed by atoms with Crippen LogP contribution in [0.15, 0.2) is 66.2 Å². The topological polar surface area (TPSA) is 94.2 Å². The van der Waals surface area contributed by atoms with Crippen molar-refractivity contribution in [2.24, 2.45) is 0 Å². The van der Waals surface area contributed by atoms with E-state index in [9.17, 15) is 14.4 Å². The number of hydrogen-bond acceptors (Lipinski definition) is 6. The molecule has 3 aromatic carbocycles. The lowest BCUT2D eigenvalue weighted by molar-refractivity contribution is -0.122. The number of carbonyl (C=O) groups excluding carboxylic acids is 3. The van der Waals surface area contributed by atoms with Gasteiger partial charge in [-0.1, -0.05) is 35.4 Å². The number of urea groups is 1. The second-order valence-electron chi connectivity index (χ2n) is 8.58. The summed E-state index contributed by atoms with van der Waals surface area (Å²) in [7, 11) is 1.51. The minimum atomic E-state index is -0.816. The molecule has 37 heavy (non-hydrogen) atoms. The fourth-order valence-electron chi connectivity index (χ4n) is 4.12. The minimum absolute atomic E-state index is 0.181. The van der Waals surface area contributed by atoms with Gasteiger partial charge in [-0.25, -0.2) is 9.69 Å². The van der Waals surface area contributed by atoms with E-state index in [1.165, 1.54) is 13.2 Å². The molecule has 0 radical (unpaired) electrons. The van der Waals surface area contributed by atoms with E-state index in [2.05, 4.69) is 23.5 Å². The molecule has 1 fully saturated rings. The maximum absolute atomic E-state index is 13.2. The van der Waals surface area contributed by atoms with E-state index in [4.69, 9.17) is 14.2 Å². The summed E-state index contributed by atoms with van der Waals surface area (Å²) in [4.78, 5) is 39.1. The third-order valence-corrected chi connectivity index (χ3v) is 5.68. The van der Waals surface area contributed by atoms with Crippen molar-refractivity contribution in [2.45, 2.75) is 27.4 Å². The van der Waals surface area contributed by atoms with Crippen LogP contribution in [-0.2, 0) is 16.2 Å². The Hall–Kier alpha value is -4.59. The summed E-state index contributed by atoms with van der Waals surface area (Å²) >= 11 is 0. The Morgan fingerprint density at radius 1 is 0.865 bits per heavy atom. The van der Waals surface area contributed by atoms with Crippen molar-refractivity contribution in [1.29, 1.82) is 0 Å². The number of nitrogens with zero attached hydrogens (tertiary/aromatic N) is 1. The SMILES string of the molecule is CCOc1ccc(N2C(=O)NC(=O)/C(=C\c3ccc(OCc4cc(C)cc(C)c4)c(OC)c3)C2=O)cc1. The van der Waals surface area contributed by atoms with E-state index in [0.717, 1.165) is 21.6 Å². The predicted molar refractivity (Wildman–Crippen MR) is 140 cm³/mol. The molecule has 0 spiro atoms. The average molecular weight is 501 g/mol. The molecule has 190 valence electrons. The van der Waals surface area contributed by atoms with Gasteiger partial charge in [-0.3, -0.25) is 14.9 Å². The van der Waals surface area contributed by atoms with Crippen LogP contribution >= 0.6 is 0 Å². The lowest BCUT2D eigenvalue weighted by Crippen LogP contribution is -2.54. The van der Waals surface area contributed by atoms with Gasteiger partial charge in [0.1, 0.15) is 17.9 Å². The summed E-state index contributed by atoms with van der Waals surface area (Å²) < 4.78 is 16.9. The molecule has 1 aliphatic rings. The van der Waals surface area contributed by atoms with E-state index in [-0.39, 0.29) is 5.57 Å². The number of aryl methyl sites for hydroxylation is 2. The Morgan fingerprint density at radius 2 is 1.57 bits per heavy atom. The first kappa shape index (κ1) is 25.5. The zero-order chi connectivity index (χ0) is 26.5. The van der Waals surface area contributed by atoms with Crippen molar-refractivity contribution in [3.8, 4) is 17.2 Å². The van der Waals surface area contributed by atoms with Gasteiger partial charge in [0.05, 0.1) is 19.4 Å². The molecule has 8 heteroatoms. The molecule has 1 aliphatic heterocycles. The highest BCUT2D eigenvalue weighted by Gasteiger charge is 2.36. The highest BCUT2D eigenvalue weighted by atomic mass is 16.5. The molecule has 0 unspecified atom stereocenters. The third-order valence-electron chi connectivity index (χ3n) is 5.68. The fourth-order valence-corrected chi connectivity index (χ4v) is 4.12. The van der Waals surface area contributed by atoms with Crippen LogP contribution < -0.4 is 24.4 Å². The number of nitrogens with one attached hydrogen (secondary N) is 1.